The second kappa shape index (κ2) is 7.25. The van der Waals surface area contributed by atoms with Gasteiger partial charge in [-0.2, -0.15) is 0 Å². The van der Waals surface area contributed by atoms with Gasteiger partial charge in [0.05, 0.1) is 5.60 Å². The molecule has 0 aliphatic carbocycles. The molecule has 0 radical (unpaired) electrons. The molecule has 21 heavy (non-hydrogen) atoms. The Morgan fingerprint density at radius 3 is 2.48 bits per heavy atom. The predicted octanol–water partition coefficient (Wildman–Crippen LogP) is 3.73. The number of hydrogen-bond donors (Lipinski definition) is 2. The molecule has 0 saturated heterocycles. The van der Waals surface area contributed by atoms with E-state index in [0.717, 1.165) is 23.5 Å². The van der Waals surface area contributed by atoms with Crippen LogP contribution in [0.5, 0.6) is 11.5 Å². The highest BCUT2D eigenvalue weighted by molar-refractivity contribution is 5.33. The quantitative estimate of drug-likeness (QED) is 0.814. The summed E-state index contributed by atoms with van der Waals surface area (Å²) >= 11 is 0. The number of nitrogens with one attached hydrogen (secondary N) is 1. The number of rotatable bonds is 7. The summed E-state index contributed by atoms with van der Waals surface area (Å²) in [6.07, 6.45) is 0.733. The molecule has 2 N–H and O–H groups in total. The minimum absolute atomic E-state index is 0.577. The number of hydrogen-bond acceptors (Lipinski definition) is 3. The van der Waals surface area contributed by atoms with E-state index in [9.17, 15) is 5.11 Å². The molecule has 0 aliphatic rings. The first kappa shape index (κ1) is 15.5. The fourth-order valence-corrected chi connectivity index (χ4v) is 1.94. The second-order valence-corrected chi connectivity index (χ2v) is 5.52. The lowest BCUT2D eigenvalue weighted by atomic mass is 10.0. The van der Waals surface area contributed by atoms with Gasteiger partial charge in [-0.3, -0.25) is 0 Å². The van der Waals surface area contributed by atoms with Crippen LogP contribution in [0.2, 0.25) is 0 Å². The topological polar surface area (TPSA) is 41.5 Å². The van der Waals surface area contributed by atoms with Crippen molar-refractivity contribution in [3.05, 3.63) is 60.2 Å². The monoisotopic (exact) mass is 285 g/mol. The van der Waals surface area contributed by atoms with Crippen molar-refractivity contribution >= 4 is 0 Å². The van der Waals surface area contributed by atoms with E-state index in [1.807, 2.05) is 68.4 Å². The van der Waals surface area contributed by atoms with E-state index in [0.29, 0.717) is 13.1 Å². The molecule has 0 spiro atoms. The van der Waals surface area contributed by atoms with Crippen LogP contribution in [0.1, 0.15) is 25.8 Å². The highest BCUT2D eigenvalue weighted by Crippen LogP contribution is 2.21. The van der Waals surface area contributed by atoms with Gasteiger partial charge in [-0.1, -0.05) is 37.3 Å². The third kappa shape index (κ3) is 5.21. The van der Waals surface area contributed by atoms with Crippen molar-refractivity contribution in [2.24, 2.45) is 0 Å². The van der Waals surface area contributed by atoms with Crippen molar-refractivity contribution in [1.29, 1.82) is 0 Å². The Labute approximate surface area is 126 Å². The minimum Gasteiger partial charge on any atom is -0.457 e. The molecule has 2 aromatic rings. The SMILES string of the molecule is CCC(C)(O)CNCc1cccc(Oc2ccccc2)c1. The van der Waals surface area contributed by atoms with E-state index in [1.54, 1.807) is 0 Å². The Balaban J connectivity index is 1.92. The molecule has 1 atom stereocenters. The third-order valence-corrected chi connectivity index (χ3v) is 3.47. The van der Waals surface area contributed by atoms with Crippen molar-refractivity contribution in [3.63, 3.8) is 0 Å². The fourth-order valence-electron chi connectivity index (χ4n) is 1.94. The Bertz CT molecular complexity index is 552. The average molecular weight is 285 g/mol. The van der Waals surface area contributed by atoms with Gasteiger partial charge in [0.25, 0.3) is 0 Å². The van der Waals surface area contributed by atoms with Crippen molar-refractivity contribution in [2.45, 2.75) is 32.4 Å². The Kier molecular flexibility index (Phi) is 5.37. The molecule has 0 amide bonds. The Morgan fingerprint density at radius 1 is 1.05 bits per heavy atom. The van der Waals surface area contributed by atoms with E-state index in [4.69, 9.17) is 4.74 Å². The Morgan fingerprint density at radius 2 is 1.76 bits per heavy atom. The summed E-state index contributed by atoms with van der Waals surface area (Å²) in [5, 5.41) is 13.2. The summed E-state index contributed by atoms with van der Waals surface area (Å²) in [6, 6.07) is 17.7. The van der Waals surface area contributed by atoms with Gasteiger partial charge in [0, 0.05) is 13.1 Å². The average Bonchev–Trinajstić information content (AvgIpc) is 2.48. The van der Waals surface area contributed by atoms with Crippen LogP contribution in [0.4, 0.5) is 0 Å². The number of benzene rings is 2. The van der Waals surface area contributed by atoms with Gasteiger partial charge in [0.1, 0.15) is 11.5 Å². The third-order valence-electron chi connectivity index (χ3n) is 3.47. The zero-order valence-electron chi connectivity index (χ0n) is 12.7. The van der Waals surface area contributed by atoms with Crippen molar-refractivity contribution in [3.8, 4) is 11.5 Å². The molecule has 2 rings (SSSR count). The van der Waals surface area contributed by atoms with Crippen LogP contribution in [-0.4, -0.2) is 17.3 Å². The van der Waals surface area contributed by atoms with Crippen molar-refractivity contribution < 1.29 is 9.84 Å². The zero-order valence-corrected chi connectivity index (χ0v) is 12.7. The van der Waals surface area contributed by atoms with Crippen LogP contribution in [0, 0.1) is 0 Å². The molecule has 0 bridgehead atoms. The highest BCUT2D eigenvalue weighted by atomic mass is 16.5. The largest absolute Gasteiger partial charge is 0.457 e. The van der Waals surface area contributed by atoms with Crippen LogP contribution >= 0.6 is 0 Å². The summed E-state index contributed by atoms with van der Waals surface area (Å²) in [5.74, 6) is 1.65. The molecule has 1 unspecified atom stereocenters. The minimum atomic E-state index is -0.655. The molecule has 0 aliphatic heterocycles. The molecule has 3 heteroatoms. The normalized spacial score (nSPS) is 13.7. The van der Waals surface area contributed by atoms with Crippen molar-refractivity contribution in [2.75, 3.05) is 6.54 Å². The summed E-state index contributed by atoms with van der Waals surface area (Å²) in [7, 11) is 0. The maximum Gasteiger partial charge on any atom is 0.127 e. The maximum atomic E-state index is 9.96. The molecule has 0 saturated carbocycles. The first-order chi connectivity index (χ1) is 10.1. The van der Waals surface area contributed by atoms with Gasteiger partial charge in [0.2, 0.25) is 0 Å². The number of aliphatic hydroxyl groups is 1. The summed E-state index contributed by atoms with van der Waals surface area (Å²) < 4.78 is 5.81. The van der Waals surface area contributed by atoms with Gasteiger partial charge >= 0.3 is 0 Å². The molecule has 2 aromatic carbocycles. The smallest absolute Gasteiger partial charge is 0.127 e. The van der Waals surface area contributed by atoms with Gasteiger partial charge in [0.15, 0.2) is 0 Å². The van der Waals surface area contributed by atoms with E-state index in [2.05, 4.69) is 5.32 Å². The zero-order chi connectivity index (χ0) is 15.1. The Hall–Kier alpha value is -1.84. The highest BCUT2D eigenvalue weighted by Gasteiger charge is 2.16. The fraction of sp³-hybridized carbons (Fsp3) is 0.333. The predicted molar refractivity (Wildman–Crippen MR) is 85.6 cm³/mol. The van der Waals surface area contributed by atoms with Gasteiger partial charge < -0.3 is 15.2 Å². The molecular formula is C18H23NO2. The van der Waals surface area contributed by atoms with Crippen LogP contribution in [0.15, 0.2) is 54.6 Å². The van der Waals surface area contributed by atoms with Crippen LogP contribution in [0.25, 0.3) is 0 Å². The van der Waals surface area contributed by atoms with E-state index >= 15 is 0 Å². The lowest BCUT2D eigenvalue weighted by Crippen LogP contribution is -2.36. The summed E-state index contributed by atoms with van der Waals surface area (Å²) in [5.41, 5.74) is 0.480. The first-order valence-corrected chi connectivity index (χ1v) is 7.34. The molecular weight excluding hydrogens is 262 g/mol. The van der Waals surface area contributed by atoms with Crippen LogP contribution in [-0.2, 0) is 6.54 Å². The van der Waals surface area contributed by atoms with E-state index in [-0.39, 0.29) is 0 Å². The van der Waals surface area contributed by atoms with Crippen molar-refractivity contribution in [1.82, 2.24) is 5.32 Å². The number of para-hydroxylation sites is 1. The summed E-state index contributed by atoms with van der Waals surface area (Å²) in [4.78, 5) is 0. The molecule has 0 heterocycles. The van der Waals surface area contributed by atoms with Crippen LogP contribution in [0.3, 0.4) is 0 Å². The molecule has 112 valence electrons. The first-order valence-electron chi connectivity index (χ1n) is 7.34. The maximum absolute atomic E-state index is 9.96. The number of ether oxygens (including phenoxy) is 1. The molecule has 0 fully saturated rings. The van der Waals surface area contributed by atoms with E-state index < -0.39 is 5.60 Å². The van der Waals surface area contributed by atoms with Gasteiger partial charge in [-0.25, -0.2) is 0 Å². The standard InChI is InChI=1S/C18H23NO2/c1-3-18(2,20)14-19-13-15-8-7-11-17(12-15)21-16-9-5-4-6-10-16/h4-12,19-20H,3,13-14H2,1-2H3. The van der Waals surface area contributed by atoms with Crippen LogP contribution < -0.4 is 10.1 Å². The summed E-state index contributed by atoms with van der Waals surface area (Å²) in [6.45, 7) is 5.11. The van der Waals surface area contributed by atoms with Gasteiger partial charge in [-0.15, -0.1) is 0 Å². The van der Waals surface area contributed by atoms with Gasteiger partial charge in [-0.05, 0) is 43.2 Å². The molecule has 3 nitrogen and oxygen atoms in total. The second-order valence-electron chi connectivity index (χ2n) is 5.52. The van der Waals surface area contributed by atoms with E-state index in [1.165, 1.54) is 0 Å². The lowest BCUT2D eigenvalue weighted by molar-refractivity contribution is 0.0555. The lowest BCUT2D eigenvalue weighted by Gasteiger charge is -2.21. The molecule has 0 aromatic heterocycles.